The minimum Gasteiger partial charge on any atom is -0.456 e. The van der Waals surface area contributed by atoms with E-state index in [2.05, 4.69) is 230 Å². The maximum atomic E-state index is 7.48. The third kappa shape index (κ3) is 5.50. The van der Waals surface area contributed by atoms with E-state index in [-0.39, 0.29) is 12.1 Å². The summed E-state index contributed by atoms with van der Waals surface area (Å²) in [5, 5.41) is 6.60. The molecule has 10 aromatic carbocycles. The number of ether oxygens (including phenoxy) is 1. The number of furan rings is 2. The van der Waals surface area contributed by atoms with Gasteiger partial charge in [0.1, 0.15) is 22.5 Å². The molecule has 0 amide bonds. The van der Waals surface area contributed by atoms with Gasteiger partial charge in [-0.25, -0.2) is 0 Å². The smallest absolute Gasteiger partial charge is 0.261 e. The molecule has 5 heterocycles. The Kier molecular flexibility index (Phi) is 8.08. The van der Waals surface area contributed by atoms with Gasteiger partial charge >= 0.3 is 0 Å². The third-order valence-corrected chi connectivity index (χ3v) is 15.0. The Morgan fingerprint density at radius 1 is 0.443 bits per heavy atom. The zero-order chi connectivity index (χ0) is 46.4. The number of para-hydroxylation sites is 4. The molecule has 0 unspecified atom stereocenters. The molecule has 0 spiro atoms. The Hall–Kier alpha value is -8.74. The maximum absolute atomic E-state index is 7.48. The summed E-state index contributed by atoms with van der Waals surface area (Å²) in [5.41, 5.74) is 18.7. The topological polar surface area (TPSA) is 43.7 Å². The van der Waals surface area contributed by atoms with Crippen LogP contribution in [0, 0.1) is 0 Å². The number of nitrogens with zero attached hydrogens (tertiary/aromatic N) is 2. The Morgan fingerprint density at radius 2 is 1.07 bits per heavy atom. The van der Waals surface area contributed by atoms with E-state index in [1.807, 2.05) is 6.07 Å². The van der Waals surface area contributed by atoms with Crippen molar-refractivity contribution in [2.75, 3.05) is 4.90 Å². The van der Waals surface area contributed by atoms with Gasteiger partial charge in [-0.05, 0) is 99.3 Å². The molecule has 0 N–H and O–H groups in total. The summed E-state index contributed by atoms with van der Waals surface area (Å²) in [6.07, 6.45) is 0. The first-order valence-electron chi connectivity index (χ1n) is 24.2. The molecule has 0 atom stereocenters. The molecule has 330 valence electrons. The number of benzene rings is 10. The number of anilines is 3. The summed E-state index contributed by atoms with van der Waals surface area (Å²) in [7, 11) is 0. The van der Waals surface area contributed by atoms with E-state index in [4.69, 9.17) is 13.6 Å². The SMILES string of the molecule is CC(C)(C)c1ccc2c(c1)c1ccccc1n2-c1ccc2c(c1)N(c1ccccc1-c1ccccc1)c1cc(-c3ccccc3)cc3c1B2c1c(c2oc4ccccc4c2c2c1oc1ccccc12)O3. The predicted molar refractivity (Wildman–Crippen MR) is 291 cm³/mol. The molecule has 6 heteroatoms. The lowest BCUT2D eigenvalue weighted by Crippen LogP contribution is -2.59. The molecule has 2 aliphatic rings. The third-order valence-electron chi connectivity index (χ3n) is 15.0. The molecule has 0 radical (unpaired) electrons. The highest BCUT2D eigenvalue weighted by atomic mass is 16.5. The fourth-order valence-corrected chi connectivity index (χ4v) is 11.8. The van der Waals surface area contributed by atoms with E-state index in [0.717, 1.165) is 117 Å². The second-order valence-electron chi connectivity index (χ2n) is 20.0. The van der Waals surface area contributed by atoms with Gasteiger partial charge in [0.2, 0.25) is 0 Å². The van der Waals surface area contributed by atoms with Crippen LogP contribution in [0.15, 0.2) is 215 Å². The van der Waals surface area contributed by atoms with Crippen LogP contribution in [0.25, 0.3) is 93.6 Å². The molecule has 0 aliphatic carbocycles. The summed E-state index contributed by atoms with van der Waals surface area (Å²) in [6.45, 7) is 6.57. The molecule has 0 saturated heterocycles. The van der Waals surface area contributed by atoms with Crippen molar-refractivity contribution in [2.24, 2.45) is 0 Å². The predicted octanol–water partition coefficient (Wildman–Crippen LogP) is 15.6. The van der Waals surface area contributed by atoms with E-state index in [9.17, 15) is 0 Å². The van der Waals surface area contributed by atoms with Crippen LogP contribution in [0.2, 0.25) is 0 Å². The second kappa shape index (κ2) is 14.4. The zero-order valence-electron chi connectivity index (χ0n) is 38.8. The second-order valence-corrected chi connectivity index (χ2v) is 20.0. The van der Waals surface area contributed by atoms with Crippen molar-refractivity contribution >= 4 is 106 Å². The standard InChI is InChI=1S/C64H43BN2O3/c1-64(2,3)41-30-33-51-47(36-41)44-23-11-15-27-50(44)66(51)42-31-32-48-52(37-42)67(49-26-14-10-22-43(49)39-20-8-5-9-21-39)53-34-40(38-18-6-4-7-19-38)35-56-59(53)65(48)60-61-57(45-24-12-16-28-54(45)68-61)58-46-25-13-17-29-55(46)69-62(58)63(60)70-56/h4-37H,1-3H3. The Bertz CT molecular complexity index is 4330. The summed E-state index contributed by atoms with van der Waals surface area (Å²) < 4.78 is 24.1. The van der Waals surface area contributed by atoms with Crippen molar-refractivity contribution in [3.05, 3.63) is 212 Å². The highest BCUT2D eigenvalue weighted by Crippen LogP contribution is 2.51. The van der Waals surface area contributed by atoms with Gasteiger partial charge in [-0.2, -0.15) is 0 Å². The fraction of sp³-hybridized carbons (Fsp3) is 0.0625. The van der Waals surface area contributed by atoms with Crippen LogP contribution in [0.3, 0.4) is 0 Å². The molecule has 2 aliphatic heterocycles. The molecule has 0 saturated carbocycles. The van der Waals surface area contributed by atoms with Crippen molar-refractivity contribution in [2.45, 2.75) is 26.2 Å². The molecule has 3 aromatic heterocycles. The van der Waals surface area contributed by atoms with Crippen LogP contribution in [-0.2, 0) is 5.41 Å². The zero-order valence-corrected chi connectivity index (χ0v) is 38.8. The van der Waals surface area contributed by atoms with Gasteiger partial charge in [0.05, 0.1) is 16.7 Å². The average molecular weight is 899 g/mol. The summed E-state index contributed by atoms with van der Waals surface area (Å²) in [4.78, 5) is 2.50. The van der Waals surface area contributed by atoms with E-state index < -0.39 is 0 Å². The Morgan fingerprint density at radius 3 is 1.83 bits per heavy atom. The quantitative estimate of drug-likeness (QED) is 0.165. The lowest BCUT2D eigenvalue weighted by atomic mass is 9.34. The molecule has 0 bridgehead atoms. The van der Waals surface area contributed by atoms with Crippen molar-refractivity contribution < 1.29 is 13.6 Å². The van der Waals surface area contributed by atoms with Crippen molar-refractivity contribution in [1.29, 1.82) is 0 Å². The van der Waals surface area contributed by atoms with Gasteiger partial charge < -0.3 is 23.0 Å². The molecule has 15 rings (SSSR count). The fourth-order valence-electron chi connectivity index (χ4n) is 11.8. The minimum absolute atomic E-state index is 0.0000829. The maximum Gasteiger partial charge on any atom is 0.261 e. The van der Waals surface area contributed by atoms with Crippen molar-refractivity contribution in [3.63, 3.8) is 0 Å². The van der Waals surface area contributed by atoms with Crippen LogP contribution < -0.4 is 26.0 Å². The highest BCUT2D eigenvalue weighted by Gasteiger charge is 2.46. The van der Waals surface area contributed by atoms with E-state index >= 15 is 0 Å². The van der Waals surface area contributed by atoms with Crippen LogP contribution in [-0.4, -0.2) is 11.3 Å². The molecule has 5 nitrogen and oxygen atoms in total. The van der Waals surface area contributed by atoms with E-state index in [1.165, 1.54) is 21.9 Å². The van der Waals surface area contributed by atoms with Gasteiger partial charge in [0, 0.05) is 60.4 Å². The Labute approximate surface area is 404 Å². The monoisotopic (exact) mass is 898 g/mol. The number of fused-ring (bicyclic) bond motifs is 16. The lowest BCUT2D eigenvalue weighted by molar-refractivity contribution is 0.481. The van der Waals surface area contributed by atoms with Crippen LogP contribution in [0.1, 0.15) is 26.3 Å². The number of hydrogen-bond donors (Lipinski definition) is 0. The first-order chi connectivity index (χ1) is 34.4. The van der Waals surface area contributed by atoms with Crippen LogP contribution >= 0.6 is 0 Å². The van der Waals surface area contributed by atoms with Gasteiger partial charge in [-0.3, -0.25) is 0 Å². The largest absolute Gasteiger partial charge is 0.456 e. The molecular formula is C64H43BN2O3. The minimum atomic E-state index is -0.295. The number of hydrogen-bond acceptors (Lipinski definition) is 4. The van der Waals surface area contributed by atoms with E-state index in [1.54, 1.807) is 0 Å². The van der Waals surface area contributed by atoms with Crippen LogP contribution in [0.4, 0.5) is 17.1 Å². The lowest BCUT2D eigenvalue weighted by Gasteiger charge is -2.41. The Balaban J connectivity index is 1.09. The normalized spacial score (nSPS) is 13.1. The van der Waals surface area contributed by atoms with E-state index in [0.29, 0.717) is 5.75 Å². The average Bonchev–Trinajstić information content (AvgIpc) is 4.09. The number of aromatic nitrogens is 1. The summed E-state index contributed by atoms with van der Waals surface area (Å²) in [5.74, 6) is 1.48. The first kappa shape index (κ1) is 39.3. The van der Waals surface area contributed by atoms with Crippen LogP contribution in [0.5, 0.6) is 11.5 Å². The van der Waals surface area contributed by atoms with Gasteiger partial charge in [-0.15, -0.1) is 0 Å². The number of rotatable bonds is 4. The van der Waals surface area contributed by atoms with Gasteiger partial charge in [-0.1, -0.05) is 166 Å². The van der Waals surface area contributed by atoms with Crippen molar-refractivity contribution in [1.82, 2.24) is 4.57 Å². The highest BCUT2D eigenvalue weighted by molar-refractivity contribution is 7.00. The molecular weight excluding hydrogens is 856 g/mol. The van der Waals surface area contributed by atoms with Crippen molar-refractivity contribution in [3.8, 4) is 39.4 Å². The molecule has 0 fully saturated rings. The molecule has 13 aromatic rings. The van der Waals surface area contributed by atoms with Gasteiger partial charge in [0.25, 0.3) is 6.71 Å². The molecule has 70 heavy (non-hydrogen) atoms. The summed E-state index contributed by atoms with van der Waals surface area (Å²) >= 11 is 0. The van der Waals surface area contributed by atoms with Gasteiger partial charge in [0.15, 0.2) is 11.3 Å². The first-order valence-corrected chi connectivity index (χ1v) is 24.2. The summed E-state index contributed by atoms with van der Waals surface area (Å²) in [6, 6.07) is 74.5.